The molecule has 6 N–H and O–H groups in total. The van der Waals surface area contributed by atoms with E-state index in [2.05, 4.69) is 4.74 Å². The van der Waals surface area contributed by atoms with E-state index in [9.17, 15) is 15.0 Å². The SMILES string of the molecule is O=C(CO)OC[C@H](O)[C@@H](O)[C@H](O)[C@H](O)CO. The Bertz CT molecular complexity index is 208. The van der Waals surface area contributed by atoms with E-state index >= 15 is 0 Å². The molecule has 0 aromatic heterocycles. The maximum Gasteiger partial charge on any atom is 0.331 e. The number of rotatable bonds is 7. The van der Waals surface area contributed by atoms with Gasteiger partial charge in [-0.1, -0.05) is 0 Å². The molecule has 0 spiro atoms. The molecule has 0 aromatic rings. The number of carbonyl (C=O) groups excluding carboxylic acids is 1. The molecule has 8 nitrogen and oxygen atoms in total. The lowest BCUT2D eigenvalue weighted by molar-refractivity contribution is -0.158. The predicted molar refractivity (Wildman–Crippen MR) is 49.2 cm³/mol. The molecule has 0 aliphatic carbocycles. The van der Waals surface area contributed by atoms with E-state index in [0.717, 1.165) is 0 Å². The van der Waals surface area contributed by atoms with E-state index in [0.29, 0.717) is 0 Å². The Morgan fingerprint density at radius 2 is 1.50 bits per heavy atom. The number of ether oxygens (including phenoxy) is 1. The third kappa shape index (κ3) is 4.84. The van der Waals surface area contributed by atoms with Crippen molar-refractivity contribution < 1.29 is 40.2 Å². The first-order valence-corrected chi connectivity index (χ1v) is 4.53. The lowest BCUT2D eigenvalue weighted by Gasteiger charge is -2.25. The summed E-state index contributed by atoms with van der Waals surface area (Å²) in [6.07, 6.45) is -6.80. The molecule has 0 aliphatic heterocycles. The summed E-state index contributed by atoms with van der Waals surface area (Å²) in [5.74, 6) is -0.997. The normalized spacial score (nSPS) is 18.6. The summed E-state index contributed by atoms with van der Waals surface area (Å²) in [6.45, 7) is -2.30. The molecule has 0 fully saturated rings. The fourth-order valence-corrected chi connectivity index (χ4v) is 0.886. The summed E-state index contributed by atoms with van der Waals surface area (Å²) in [4.78, 5) is 10.5. The Hall–Kier alpha value is -0.770. The standard InChI is InChI=1S/C8H16O8/c9-1-4(11)7(14)8(15)5(12)3-16-6(13)2-10/h4-5,7-12,14-15H,1-3H2/t4-,5+,7-,8-/m1/s1. The maximum absolute atomic E-state index is 10.5. The molecule has 0 aliphatic rings. The van der Waals surface area contributed by atoms with E-state index in [1.54, 1.807) is 0 Å². The van der Waals surface area contributed by atoms with Gasteiger partial charge < -0.3 is 35.4 Å². The number of hydrogen-bond acceptors (Lipinski definition) is 8. The Kier molecular flexibility index (Phi) is 7.13. The molecule has 96 valence electrons. The lowest BCUT2D eigenvalue weighted by atomic mass is 10.0. The Morgan fingerprint density at radius 1 is 1.00 bits per heavy atom. The topological polar surface area (TPSA) is 148 Å². The molecule has 8 heteroatoms. The first kappa shape index (κ1) is 15.2. The zero-order valence-corrected chi connectivity index (χ0v) is 8.43. The van der Waals surface area contributed by atoms with Gasteiger partial charge in [0.15, 0.2) is 0 Å². The monoisotopic (exact) mass is 240 g/mol. The van der Waals surface area contributed by atoms with Gasteiger partial charge in [0.25, 0.3) is 0 Å². The zero-order valence-electron chi connectivity index (χ0n) is 8.43. The van der Waals surface area contributed by atoms with Gasteiger partial charge in [0.05, 0.1) is 6.61 Å². The van der Waals surface area contributed by atoms with Crippen LogP contribution in [0.25, 0.3) is 0 Å². The van der Waals surface area contributed by atoms with Crippen molar-refractivity contribution in [3.05, 3.63) is 0 Å². The molecule has 4 atom stereocenters. The van der Waals surface area contributed by atoms with Crippen LogP contribution in [0.5, 0.6) is 0 Å². The molecule has 0 amide bonds. The van der Waals surface area contributed by atoms with Crippen molar-refractivity contribution in [1.82, 2.24) is 0 Å². The highest BCUT2D eigenvalue weighted by atomic mass is 16.6. The zero-order chi connectivity index (χ0) is 12.7. The van der Waals surface area contributed by atoms with Gasteiger partial charge in [0, 0.05) is 0 Å². The van der Waals surface area contributed by atoms with Crippen LogP contribution in [0, 0.1) is 0 Å². The third-order valence-corrected chi connectivity index (χ3v) is 1.87. The summed E-state index contributed by atoms with van der Waals surface area (Å²) in [7, 11) is 0. The highest BCUT2D eigenvalue weighted by molar-refractivity contribution is 5.70. The van der Waals surface area contributed by atoms with Crippen molar-refractivity contribution in [3.63, 3.8) is 0 Å². The molecule has 0 saturated heterocycles. The van der Waals surface area contributed by atoms with Crippen molar-refractivity contribution >= 4 is 5.97 Å². The van der Waals surface area contributed by atoms with Gasteiger partial charge in [-0.15, -0.1) is 0 Å². The van der Waals surface area contributed by atoms with E-state index < -0.39 is 50.2 Å². The minimum Gasteiger partial charge on any atom is -0.461 e. The highest BCUT2D eigenvalue weighted by Crippen LogP contribution is 2.05. The van der Waals surface area contributed by atoms with Crippen molar-refractivity contribution in [3.8, 4) is 0 Å². The average Bonchev–Trinajstić information content (AvgIpc) is 2.32. The average molecular weight is 240 g/mol. The van der Waals surface area contributed by atoms with Crippen LogP contribution in [0.4, 0.5) is 0 Å². The van der Waals surface area contributed by atoms with Gasteiger partial charge in [-0.3, -0.25) is 0 Å². The van der Waals surface area contributed by atoms with Crippen LogP contribution in [-0.4, -0.2) is 80.8 Å². The van der Waals surface area contributed by atoms with Gasteiger partial charge in [-0.05, 0) is 0 Å². The van der Waals surface area contributed by atoms with E-state index in [4.69, 9.17) is 20.4 Å². The molecule has 0 unspecified atom stereocenters. The van der Waals surface area contributed by atoms with Crippen LogP contribution in [0.15, 0.2) is 0 Å². The minimum atomic E-state index is -1.78. The summed E-state index contributed by atoms with van der Waals surface area (Å²) < 4.78 is 4.28. The van der Waals surface area contributed by atoms with Crippen molar-refractivity contribution in [2.45, 2.75) is 24.4 Å². The quantitative estimate of drug-likeness (QED) is 0.246. The smallest absolute Gasteiger partial charge is 0.331 e. The van der Waals surface area contributed by atoms with Gasteiger partial charge >= 0.3 is 5.97 Å². The van der Waals surface area contributed by atoms with Crippen LogP contribution in [0.2, 0.25) is 0 Å². The van der Waals surface area contributed by atoms with Crippen molar-refractivity contribution in [2.75, 3.05) is 19.8 Å². The fourth-order valence-electron chi connectivity index (χ4n) is 0.886. The Balaban J connectivity index is 4.06. The molecule has 0 bridgehead atoms. The van der Waals surface area contributed by atoms with Crippen LogP contribution >= 0.6 is 0 Å². The lowest BCUT2D eigenvalue weighted by Crippen LogP contribution is -2.47. The Labute approximate surface area is 91.3 Å². The summed E-state index contributed by atoms with van der Waals surface area (Å²) in [5, 5.41) is 53.3. The first-order chi connectivity index (χ1) is 7.43. The molecule has 0 saturated carbocycles. The third-order valence-electron chi connectivity index (χ3n) is 1.87. The number of hydrogen-bond donors (Lipinski definition) is 6. The van der Waals surface area contributed by atoms with Gasteiger partial charge in [-0.25, -0.2) is 4.79 Å². The van der Waals surface area contributed by atoms with Gasteiger partial charge in [0.2, 0.25) is 0 Å². The van der Waals surface area contributed by atoms with Crippen LogP contribution < -0.4 is 0 Å². The minimum absolute atomic E-state index is 0.643. The second-order valence-electron chi connectivity index (χ2n) is 3.14. The number of carbonyl (C=O) groups is 1. The molecule has 0 radical (unpaired) electrons. The second-order valence-corrected chi connectivity index (χ2v) is 3.14. The number of aliphatic hydroxyl groups excluding tert-OH is 6. The first-order valence-electron chi connectivity index (χ1n) is 4.53. The van der Waals surface area contributed by atoms with Crippen molar-refractivity contribution in [2.24, 2.45) is 0 Å². The van der Waals surface area contributed by atoms with Gasteiger partial charge in [-0.2, -0.15) is 0 Å². The summed E-state index contributed by atoms with van der Waals surface area (Å²) in [5.41, 5.74) is 0. The van der Waals surface area contributed by atoms with Crippen LogP contribution in [0.3, 0.4) is 0 Å². The molecular formula is C8H16O8. The van der Waals surface area contributed by atoms with E-state index in [1.165, 1.54) is 0 Å². The van der Waals surface area contributed by atoms with Crippen molar-refractivity contribution in [1.29, 1.82) is 0 Å². The maximum atomic E-state index is 10.5. The van der Waals surface area contributed by atoms with E-state index in [1.807, 2.05) is 0 Å². The molecule has 16 heavy (non-hydrogen) atoms. The second kappa shape index (κ2) is 7.49. The summed E-state index contributed by atoms with van der Waals surface area (Å²) in [6, 6.07) is 0. The predicted octanol–water partition coefficient (Wildman–Crippen LogP) is -4.04. The number of aliphatic hydroxyl groups is 6. The molecule has 0 aromatic carbocycles. The van der Waals surface area contributed by atoms with Crippen LogP contribution in [0.1, 0.15) is 0 Å². The van der Waals surface area contributed by atoms with E-state index in [-0.39, 0.29) is 0 Å². The fraction of sp³-hybridized carbons (Fsp3) is 0.875. The molecular weight excluding hydrogens is 224 g/mol. The largest absolute Gasteiger partial charge is 0.461 e. The summed E-state index contributed by atoms with van der Waals surface area (Å²) >= 11 is 0. The molecule has 0 heterocycles. The highest BCUT2D eigenvalue weighted by Gasteiger charge is 2.30. The Morgan fingerprint density at radius 3 is 1.94 bits per heavy atom. The van der Waals surface area contributed by atoms with Crippen LogP contribution in [-0.2, 0) is 9.53 Å². The number of esters is 1. The molecule has 0 rings (SSSR count). The van der Waals surface area contributed by atoms with Gasteiger partial charge in [0.1, 0.15) is 37.6 Å².